The summed E-state index contributed by atoms with van der Waals surface area (Å²) in [6.07, 6.45) is 4.30. The number of amides is 1. The normalized spacial score (nSPS) is 12.3. The van der Waals surface area contributed by atoms with Crippen molar-refractivity contribution in [3.8, 4) is 5.75 Å². The maximum absolute atomic E-state index is 12.3. The highest BCUT2D eigenvalue weighted by Crippen LogP contribution is 2.23. The van der Waals surface area contributed by atoms with E-state index >= 15 is 0 Å². The van der Waals surface area contributed by atoms with Gasteiger partial charge < -0.3 is 10.1 Å². The molecule has 126 valence electrons. The van der Waals surface area contributed by atoms with Crippen LogP contribution in [0, 0.1) is 5.92 Å². The smallest absolute Gasteiger partial charge is 0.244 e. The van der Waals surface area contributed by atoms with Gasteiger partial charge in [-0.25, -0.2) is 0 Å². The van der Waals surface area contributed by atoms with Crippen LogP contribution in [0.3, 0.4) is 0 Å². The van der Waals surface area contributed by atoms with Gasteiger partial charge in [0.05, 0.1) is 13.2 Å². The first-order valence-electron chi connectivity index (χ1n) is 8.26. The molecule has 0 spiro atoms. The van der Waals surface area contributed by atoms with Crippen LogP contribution in [-0.4, -0.2) is 13.0 Å². The van der Waals surface area contributed by atoms with Crippen molar-refractivity contribution in [2.45, 2.75) is 26.3 Å². The molecule has 0 aliphatic carbocycles. The van der Waals surface area contributed by atoms with Crippen molar-refractivity contribution >= 4 is 12.0 Å². The van der Waals surface area contributed by atoms with Crippen LogP contribution in [0.1, 0.15) is 37.4 Å². The summed E-state index contributed by atoms with van der Waals surface area (Å²) in [4.78, 5) is 12.3. The van der Waals surface area contributed by atoms with E-state index in [1.54, 1.807) is 13.2 Å². The predicted molar refractivity (Wildman–Crippen MR) is 98.8 cm³/mol. The molecular weight excluding hydrogens is 298 g/mol. The van der Waals surface area contributed by atoms with Crippen LogP contribution in [0.4, 0.5) is 0 Å². The number of ether oxygens (including phenoxy) is 1. The van der Waals surface area contributed by atoms with Crippen molar-refractivity contribution in [3.63, 3.8) is 0 Å². The van der Waals surface area contributed by atoms with E-state index in [1.165, 1.54) is 0 Å². The van der Waals surface area contributed by atoms with E-state index in [0.29, 0.717) is 5.92 Å². The molecule has 2 aromatic carbocycles. The molecule has 0 unspecified atom stereocenters. The average molecular weight is 323 g/mol. The summed E-state index contributed by atoms with van der Waals surface area (Å²) in [7, 11) is 1.65. The van der Waals surface area contributed by atoms with E-state index in [-0.39, 0.29) is 11.9 Å². The van der Waals surface area contributed by atoms with Gasteiger partial charge in [0.2, 0.25) is 5.91 Å². The molecule has 0 heterocycles. The number of nitrogens with one attached hydrogen (secondary N) is 1. The molecule has 2 rings (SSSR count). The molecular formula is C21H25NO2. The Hall–Kier alpha value is -2.55. The quantitative estimate of drug-likeness (QED) is 0.756. The molecule has 0 saturated carbocycles. The maximum Gasteiger partial charge on any atom is 0.244 e. The van der Waals surface area contributed by atoms with Gasteiger partial charge in [-0.1, -0.05) is 56.3 Å². The average Bonchev–Trinajstić information content (AvgIpc) is 2.60. The van der Waals surface area contributed by atoms with Gasteiger partial charge in [0, 0.05) is 6.08 Å². The van der Waals surface area contributed by atoms with Gasteiger partial charge in [0.1, 0.15) is 5.75 Å². The van der Waals surface area contributed by atoms with Gasteiger partial charge in [-0.05, 0) is 41.7 Å². The molecule has 0 aliphatic rings. The van der Waals surface area contributed by atoms with Gasteiger partial charge in [-0.2, -0.15) is 0 Å². The monoisotopic (exact) mass is 323 g/mol. The van der Waals surface area contributed by atoms with E-state index < -0.39 is 0 Å². The van der Waals surface area contributed by atoms with Crippen LogP contribution in [0.25, 0.3) is 6.08 Å². The number of carbonyl (C=O) groups is 1. The SMILES string of the molecule is COc1ccc([C@H](CC(C)C)NC(=O)/C=C/c2ccccc2)cc1. The molecule has 2 aromatic rings. The first kappa shape index (κ1) is 17.8. The summed E-state index contributed by atoms with van der Waals surface area (Å²) in [6.45, 7) is 4.31. The van der Waals surface area contributed by atoms with E-state index in [2.05, 4.69) is 19.2 Å². The zero-order valence-corrected chi connectivity index (χ0v) is 14.5. The summed E-state index contributed by atoms with van der Waals surface area (Å²) >= 11 is 0. The number of hydrogen-bond acceptors (Lipinski definition) is 2. The van der Waals surface area contributed by atoms with Gasteiger partial charge in [-0.3, -0.25) is 4.79 Å². The zero-order chi connectivity index (χ0) is 17.4. The lowest BCUT2D eigenvalue weighted by molar-refractivity contribution is -0.117. The van der Waals surface area contributed by atoms with Gasteiger partial charge in [-0.15, -0.1) is 0 Å². The number of hydrogen-bond donors (Lipinski definition) is 1. The van der Waals surface area contributed by atoms with Crippen LogP contribution in [0.15, 0.2) is 60.7 Å². The molecule has 3 nitrogen and oxygen atoms in total. The second kappa shape index (κ2) is 8.92. The molecule has 0 aliphatic heterocycles. The fraction of sp³-hybridized carbons (Fsp3) is 0.286. The lowest BCUT2D eigenvalue weighted by Gasteiger charge is -2.20. The third kappa shape index (κ3) is 5.58. The second-order valence-electron chi connectivity index (χ2n) is 6.21. The standard InChI is InChI=1S/C21H25NO2/c1-16(2)15-20(18-10-12-19(24-3)13-11-18)22-21(23)14-9-17-7-5-4-6-8-17/h4-14,16,20H,15H2,1-3H3,(H,22,23)/b14-9+/t20-/m0/s1. The highest BCUT2D eigenvalue weighted by Gasteiger charge is 2.15. The van der Waals surface area contributed by atoms with Crippen LogP contribution >= 0.6 is 0 Å². The predicted octanol–water partition coefficient (Wildman–Crippen LogP) is 4.61. The van der Waals surface area contributed by atoms with E-state index in [4.69, 9.17) is 4.74 Å². The van der Waals surface area contributed by atoms with Crippen LogP contribution in [-0.2, 0) is 4.79 Å². The lowest BCUT2D eigenvalue weighted by Crippen LogP contribution is -2.27. The molecule has 1 N–H and O–H groups in total. The van der Waals surface area contributed by atoms with E-state index in [0.717, 1.165) is 23.3 Å². The molecule has 0 bridgehead atoms. The highest BCUT2D eigenvalue weighted by molar-refractivity contribution is 5.92. The summed E-state index contributed by atoms with van der Waals surface area (Å²) in [5, 5.41) is 3.11. The third-order valence-corrected chi connectivity index (χ3v) is 3.77. The minimum Gasteiger partial charge on any atom is -0.497 e. The van der Waals surface area contributed by atoms with Crippen molar-refractivity contribution in [1.29, 1.82) is 0 Å². The maximum atomic E-state index is 12.3. The fourth-order valence-electron chi connectivity index (χ4n) is 2.54. The molecule has 1 amide bonds. The fourth-order valence-corrected chi connectivity index (χ4v) is 2.54. The number of methoxy groups -OCH3 is 1. The lowest BCUT2D eigenvalue weighted by atomic mass is 9.97. The second-order valence-corrected chi connectivity index (χ2v) is 6.21. The topological polar surface area (TPSA) is 38.3 Å². The van der Waals surface area contributed by atoms with Crippen LogP contribution < -0.4 is 10.1 Å². The summed E-state index contributed by atoms with van der Waals surface area (Å²) < 4.78 is 5.20. The first-order chi connectivity index (χ1) is 11.6. The molecule has 0 aromatic heterocycles. The molecule has 0 fully saturated rings. The van der Waals surface area contributed by atoms with Gasteiger partial charge >= 0.3 is 0 Å². The minimum absolute atomic E-state index is 0.0103. The molecule has 1 atom stereocenters. The van der Waals surface area contributed by atoms with Crippen molar-refractivity contribution in [2.24, 2.45) is 5.92 Å². The Morgan fingerprint density at radius 2 is 1.75 bits per heavy atom. The summed E-state index contributed by atoms with van der Waals surface area (Å²) in [6, 6.07) is 17.7. The van der Waals surface area contributed by atoms with Gasteiger partial charge in [0.15, 0.2) is 0 Å². The minimum atomic E-state index is -0.0830. The van der Waals surface area contributed by atoms with E-state index in [9.17, 15) is 4.79 Å². The highest BCUT2D eigenvalue weighted by atomic mass is 16.5. The van der Waals surface area contributed by atoms with Crippen molar-refractivity contribution in [3.05, 3.63) is 71.8 Å². The largest absolute Gasteiger partial charge is 0.497 e. The van der Waals surface area contributed by atoms with E-state index in [1.807, 2.05) is 60.7 Å². The van der Waals surface area contributed by atoms with Crippen LogP contribution in [0.5, 0.6) is 5.75 Å². The first-order valence-corrected chi connectivity index (χ1v) is 8.26. The van der Waals surface area contributed by atoms with Gasteiger partial charge in [0.25, 0.3) is 0 Å². The molecule has 0 radical (unpaired) electrons. The Kier molecular flexibility index (Phi) is 6.62. The Morgan fingerprint density at radius 1 is 1.08 bits per heavy atom. The number of carbonyl (C=O) groups excluding carboxylic acids is 1. The van der Waals surface area contributed by atoms with Crippen LogP contribution in [0.2, 0.25) is 0 Å². The summed E-state index contributed by atoms with van der Waals surface area (Å²) in [5.74, 6) is 1.22. The summed E-state index contributed by atoms with van der Waals surface area (Å²) in [5.41, 5.74) is 2.10. The number of benzene rings is 2. The van der Waals surface area contributed by atoms with Crippen molar-refractivity contribution in [2.75, 3.05) is 7.11 Å². The molecule has 24 heavy (non-hydrogen) atoms. The molecule has 0 saturated heterocycles. The Bertz CT molecular complexity index is 660. The van der Waals surface area contributed by atoms with Crippen molar-refractivity contribution in [1.82, 2.24) is 5.32 Å². The molecule has 3 heteroatoms. The Balaban J connectivity index is 2.07. The zero-order valence-electron chi connectivity index (χ0n) is 14.5. The third-order valence-electron chi connectivity index (χ3n) is 3.77. The Labute approximate surface area is 144 Å². The van der Waals surface area contributed by atoms with Crippen molar-refractivity contribution < 1.29 is 9.53 Å². The Morgan fingerprint density at radius 3 is 2.33 bits per heavy atom. The number of rotatable bonds is 7.